The van der Waals surface area contributed by atoms with Gasteiger partial charge in [0.25, 0.3) is 0 Å². The van der Waals surface area contributed by atoms with E-state index in [1.807, 2.05) is 0 Å². The summed E-state index contributed by atoms with van der Waals surface area (Å²) < 4.78 is 36.7. The van der Waals surface area contributed by atoms with Crippen molar-refractivity contribution in [2.75, 3.05) is 5.32 Å². The zero-order chi connectivity index (χ0) is 13.2. The number of aryl methyl sites for hydroxylation is 1. The molecule has 0 bridgehead atoms. The SMILES string of the molecule is Cc1cc(NC(=O)C(F)(F)F)nn1CC(=O)O. The van der Waals surface area contributed by atoms with E-state index < -0.39 is 24.6 Å². The Kier molecular flexibility index (Phi) is 3.39. The van der Waals surface area contributed by atoms with E-state index in [1.165, 1.54) is 12.2 Å². The zero-order valence-corrected chi connectivity index (χ0v) is 8.58. The summed E-state index contributed by atoms with van der Waals surface area (Å²) in [5.74, 6) is -3.69. The van der Waals surface area contributed by atoms with Crippen LogP contribution < -0.4 is 5.32 Å². The lowest BCUT2D eigenvalue weighted by Gasteiger charge is -2.04. The van der Waals surface area contributed by atoms with Crippen LogP contribution in [0.5, 0.6) is 0 Å². The van der Waals surface area contributed by atoms with Crippen molar-refractivity contribution in [1.29, 1.82) is 0 Å². The number of rotatable bonds is 3. The molecule has 1 aromatic rings. The number of hydrogen-bond donors (Lipinski definition) is 2. The number of anilines is 1. The van der Waals surface area contributed by atoms with Gasteiger partial charge in [-0.25, -0.2) is 0 Å². The van der Waals surface area contributed by atoms with Gasteiger partial charge in [0.05, 0.1) is 0 Å². The summed E-state index contributed by atoms with van der Waals surface area (Å²) in [5, 5.41) is 13.5. The Labute approximate surface area is 93.0 Å². The number of carboxylic acid groups (broad SMARTS) is 1. The van der Waals surface area contributed by atoms with Crippen LogP contribution in [0.3, 0.4) is 0 Å². The molecular weight excluding hydrogens is 243 g/mol. The normalized spacial score (nSPS) is 11.3. The molecule has 2 N–H and O–H groups in total. The first kappa shape index (κ1) is 13.0. The predicted octanol–water partition coefficient (Wildman–Crippen LogP) is 0.777. The van der Waals surface area contributed by atoms with Crippen molar-refractivity contribution >= 4 is 17.7 Å². The lowest BCUT2D eigenvalue weighted by Crippen LogP contribution is -2.30. The van der Waals surface area contributed by atoms with E-state index in [-0.39, 0.29) is 5.82 Å². The summed E-state index contributed by atoms with van der Waals surface area (Å²) in [4.78, 5) is 21.0. The van der Waals surface area contributed by atoms with Crippen LogP contribution in [0.2, 0.25) is 0 Å². The number of carbonyl (C=O) groups is 2. The highest BCUT2D eigenvalue weighted by atomic mass is 19.4. The van der Waals surface area contributed by atoms with E-state index in [1.54, 1.807) is 0 Å². The fourth-order valence-corrected chi connectivity index (χ4v) is 1.05. The van der Waals surface area contributed by atoms with E-state index in [9.17, 15) is 22.8 Å². The second-order valence-corrected chi connectivity index (χ2v) is 3.17. The van der Waals surface area contributed by atoms with Gasteiger partial charge in [0, 0.05) is 11.8 Å². The second-order valence-electron chi connectivity index (χ2n) is 3.17. The molecule has 1 aromatic heterocycles. The van der Waals surface area contributed by atoms with Gasteiger partial charge >= 0.3 is 18.1 Å². The number of carbonyl (C=O) groups excluding carboxylic acids is 1. The van der Waals surface area contributed by atoms with Crippen LogP contribution in [0, 0.1) is 6.92 Å². The topological polar surface area (TPSA) is 84.2 Å². The molecule has 0 aromatic carbocycles. The molecule has 0 aliphatic carbocycles. The number of alkyl halides is 3. The van der Waals surface area contributed by atoms with E-state index in [0.717, 1.165) is 10.7 Å². The Morgan fingerprint density at radius 3 is 2.59 bits per heavy atom. The maximum atomic E-state index is 11.9. The molecule has 0 radical (unpaired) electrons. The standard InChI is InChI=1S/C8H8F3N3O3/c1-4-2-5(12-7(17)8(9,10)11)13-14(4)3-6(15)16/h2H,3H2,1H3,(H,15,16)(H,12,13,17). The van der Waals surface area contributed by atoms with Gasteiger partial charge in [-0.3, -0.25) is 14.3 Å². The van der Waals surface area contributed by atoms with E-state index >= 15 is 0 Å². The number of nitrogens with one attached hydrogen (secondary N) is 1. The summed E-state index contributed by atoms with van der Waals surface area (Å²) in [7, 11) is 0. The Morgan fingerprint density at radius 1 is 1.53 bits per heavy atom. The highest BCUT2D eigenvalue weighted by Gasteiger charge is 2.39. The lowest BCUT2D eigenvalue weighted by molar-refractivity contribution is -0.167. The highest BCUT2D eigenvalue weighted by Crippen LogP contribution is 2.18. The van der Waals surface area contributed by atoms with Gasteiger partial charge in [0.2, 0.25) is 0 Å². The molecule has 0 atom stereocenters. The van der Waals surface area contributed by atoms with E-state index in [0.29, 0.717) is 5.69 Å². The quantitative estimate of drug-likeness (QED) is 0.831. The van der Waals surface area contributed by atoms with Crippen LogP contribution in [-0.2, 0) is 16.1 Å². The number of amides is 1. The Morgan fingerprint density at radius 2 is 2.12 bits per heavy atom. The summed E-state index contributed by atoms with van der Waals surface area (Å²) in [6.07, 6.45) is -5.01. The monoisotopic (exact) mass is 251 g/mol. The van der Waals surface area contributed by atoms with Crippen LogP contribution in [0.1, 0.15) is 5.69 Å². The molecular formula is C8H8F3N3O3. The summed E-state index contributed by atoms with van der Waals surface area (Å²) >= 11 is 0. The fraction of sp³-hybridized carbons (Fsp3) is 0.375. The third-order valence-corrected chi connectivity index (χ3v) is 1.77. The number of aliphatic carboxylic acids is 1. The maximum absolute atomic E-state index is 11.9. The number of hydrogen-bond acceptors (Lipinski definition) is 3. The van der Waals surface area contributed by atoms with Crippen molar-refractivity contribution in [2.45, 2.75) is 19.6 Å². The molecule has 1 rings (SSSR count). The number of aromatic nitrogens is 2. The molecule has 0 unspecified atom stereocenters. The first-order valence-electron chi connectivity index (χ1n) is 4.34. The molecule has 1 amide bonds. The Hall–Kier alpha value is -2.06. The summed E-state index contributed by atoms with van der Waals surface area (Å²) in [6.45, 7) is 0.965. The third kappa shape index (κ3) is 3.47. The number of nitrogens with zero attached hydrogens (tertiary/aromatic N) is 2. The average Bonchev–Trinajstić information content (AvgIpc) is 2.44. The minimum Gasteiger partial charge on any atom is -0.480 e. The lowest BCUT2D eigenvalue weighted by atomic mass is 10.4. The predicted molar refractivity (Wildman–Crippen MR) is 49.3 cm³/mol. The van der Waals surface area contributed by atoms with Crippen molar-refractivity contribution in [1.82, 2.24) is 9.78 Å². The first-order valence-corrected chi connectivity index (χ1v) is 4.34. The zero-order valence-electron chi connectivity index (χ0n) is 8.58. The fourth-order valence-electron chi connectivity index (χ4n) is 1.05. The second kappa shape index (κ2) is 4.44. The van der Waals surface area contributed by atoms with Crippen molar-refractivity contribution in [3.63, 3.8) is 0 Å². The highest BCUT2D eigenvalue weighted by molar-refractivity contribution is 5.94. The molecule has 0 spiro atoms. The maximum Gasteiger partial charge on any atom is 0.471 e. The van der Waals surface area contributed by atoms with Crippen LogP contribution >= 0.6 is 0 Å². The Balaban J connectivity index is 2.81. The van der Waals surface area contributed by atoms with Gasteiger partial charge < -0.3 is 10.4 Å². The minimum atomic E-state index is -5.01. The first-order chi connectivity index (χ1) is 7.70. The van der Waals surface area contributed by atoms with Gasteiger partial charge in [0.1, 0.15) is 6.54 Å². The van der Waals surface area contributed by atoms with Crippen LogP contribution in [-0.4, -0.2) is 32.9 Å². The van der Waals surface area contributed by atoms with Gasteiger partial charge in [0.15, 0.2) is 5.82 Å². The number of carboxylic acids is 1. The molecule has 0 fully saturated rings. The van der Waals surface area contributed by atoms with Crippen molar-refractivity contribution in [3.8, 4) is 0 Å². The van der Waals surface area contributed by atoms with E-state index in [2.05, 4.69) is 5.10 Å². The minimum absolute atomic E-state index is 0.324. The van der Waals surface area contributed by atoms with E-state index in [4.69, 9.17) is 5.11 Å². The summed E-state index contributed by atoms with van der Waals surface area (Å²) in [6, 6.07) is 1.15. The van der Waals surface area contributed by atoms with Crippen LogP contribution in [0.4, 0.5) is 19.0 Å². The third-order valence-electron chi connectivity index (χ3n) is 1.77. The molecule has 0 saturated heterocycles. The molecule has 9 heteroatoms. The molecule has 0 saturated carbocycles. The molecule has 94 valence electrons. The van der Waals surface area contributed by atoms with Gasteiger partial charge in [-0.15, -0.1) is 0 Å². The molecule has 1 heterocycles. The Bertz CT molecular complexity index is 453. The molecule has 6 nitrogen and oxygen atoms in total. The van der Waals surface area contributed by atoms with Crippen LogP contribution in [0.25, 0.3) is 0 Å². The average molecular weight is 251 g/mol. The van der Waals surface area contributed by atoms with Crippen molar-refractivity contribution in [2.24, 2.45) is 0 Å². The smallest absolute Gasteiger partial charge is 0.471 e. The molecule has 17 heavy (non-hydrogen) atoms. The largest absolute Gasteiger partial charge is 0.480 e. The van der Waals surface area contributed by atoms with Gasteiger partial charge in [-0.1, -0.05) is 0 Å². The number of halogens is 3. The van der Waals surface area contributed by atoms with Gasteiger partial charge in [-0.05, 0) is 6.92 Å². The van der Waals surface area contributed by atoms with Crippen LogP contribution in [0.15, 0.2) is 6.07 Å². The molecule has 0 aliphatic heterocycles. The van der Waals surface area contributed by atoms with Gasteiger partial charge in [-0.2, -0.15) is 18.3 Å². The molecule has 0 aliphatic rings. The summed E-state index contributed by atoms with van der Waals surface area (Å²) in [5.41, 5.74) is 0.324. The van der Waals surface area contributed by atoms with Crippen molar-refractivity contribution < 1.29 is 27.9 Å². The van der Waals surface area contributed by atoms with Crippen molar-refractivity contribution in [3.05, 3.63) is 11.8 Å².